The summed E-state index contributed by atoms with van der Waals surface area (Å²) < 4.78 is 0. The topological polar surface area (TPSA) is 0 Å². The molecule has 0 aromatic heterocycles. The molecule has 0 unspecified atom stereocenters. The monoisotopic (exact) mass is 124 g/mol. The van der Waals surface area contributed by atoms with Crippen molar-refractivity contribution in [2.45, 2.75) is 46.0 Å². The summed E-state index contributed by atoms with van der Waals surface area (Å²) in [5.74, 6) is 0. The number of rotatable bonds is 4. The van der Waals surface area contributed by atoms with Crippen molar-refractivity contribution in [1.29, 1.82) is 0 Å². The number of unbranched alkanes of at least 4 members (excludes halogenated alkanes) is 4. The molecule has 0 saturated carbocycles. The molecule has 0 aliphatic heterocycles. The van der Waals surface area contributed by atoms with Crippen LogP contribution in [0.1, 0.15) is 46.0 Å². The summed E-state index contributed by atoms with van der Waals surface area (Å²) in [6.45, 7) is 4.49. The Kier molecular flexibility index (Phi) is 16.0. The predicted molar refractivity (Wildman–Crippen MR) is 41.6 cm³/mol. The van der Waals surface area contributed by atoms with Gasteiger partial charge in [0.05, 0.1) is 0 Å². The quantitative estimate of drug-likeness (QED) is 0.398. The van der Waals surface area contributed by atoms with Gasteiger partial charge in [-0.2, -0.15) is 0 Å². The summed E-state index contributed by atoms with van der Waals surface area (Å²) in [5.41, 5.74) is 0. The Morgan fingerprint density at radius 3 is 1.38 bits per heavy atom. The van der Waals surface area contributed by atoms with Gasteiger partial charge in [0.1, 0.15) is 0 Å². The Balaban J connectivity index is 0. The van der Waals surface area contributed by atoms with Gasteiger partial charge in [0.25, 0.3) is 0 Å². The van der Waals surface area contributed by atoms with Crippen LogP contribution in [0.5, 0.6) is 0 Å². The maximum atomic E-state index is 2.25. The molecule has 0 bridgehead atoms. The molecule has 0 nitrogen and oxygen atoms in total. The fourth-order valence-corrected chi connectivity index (χ4v) is 0.677. The van der Waals surface area contributed by atoms with Crippen molar-refractivity contribution >= 4 is 29.6 Å². The van der Waals surface area contributed by atoms with Gasteiger partial charge in [-0.1, -0.05) is 46.0 Å². The van der Waals surface area contributed by atoms with Gasteiger partial charge in [-0.15, -0.1) is 0 Å². The first-order valence-corrected chi connectivity index (χ1v) is 3.41. The molecular formula is C7H17Na. The van der Waals surface area contributed by atoms with Crippen molar-refractivity contribution in [2.24, 2.45) is 0 Å². The Morgan fingerprint density at radius 1 is 0.750 bits per heavy atom. The third-order valence-electron chi connectivity index (χ3n) is 1.21. The standard InChI is InChI=1S/C7H16.Na.H/c1-3-5-7-6-4-2;;/h3-7H2,1-2H3;;. The predicted octanol–water partition coefficient (Wildman–Crippen LogP) is 2.33. The molecule has 0 aliphatic carbocycles. The van der Waals surface area contributed by atoms with Gasteiger partial charge in [0.15, 0.2) is 0 Å². The summed E-state index contributed by atoms with van der Waals surface area (Å²) in [7, 11) is 0. The summed E-state index contributed by atoms with van der Waals surface area (Å²) in [4.78, 5) is 0. The van der Waals surface area contributed by atoms with Crippen LogP contribution in [0.2, 0.25) is 0 Å². The third kappa shape index (κ3) is 10.1. The van der Waals surface area contributed by atoms with E-state index >= 15 is 0 Å². The SMILES string of the molecule is CCCCCCC.[NaH]. The summed E-state index contributed by atoms with van der Waals surface area (Å²) in [6, 6.07) is 0. The Hall–Kier alpha value is 1.00. The van der Waals surface area contributed by atoms with E-state index in [1.807, 2.05) is 0 Å². The molecule has 0 N–H and O–H groups in total. The van der Waals surface area contributed by atoms with Crippen LogP contribution in [0.3, 0.4) is 0 Å². The molecule has 8 heavy (non-hydrogen) atoms. The second kappa shape index (κ2) is 10.9. The van der Waals surface area contributed by atoms with Crippen molar-refractivity contribution in [3.05, 3.63) is 0 Å². The molecule has 0 aliphatic rings. The fraction of sp³-hybridized carbons (Fsp3) is 1.00. The second-order valence-electron chi connectivity index (χ2n) is 2.06. The van der Waals surface area contributed by atoms with Crippen molar-refractivity contribution in [1.82, 2.24) is 0 Å². The maximum absolute atomic E-state index is 2.25. The van der Waals surface area contributed by atoms with Crippen molar-refractivity contribution < 1.29 is 0 Å². The van der Waals surface area contributed by atoms with E-state index in [4.69, 9.17) is 0 Å². The average molecular weight is 124 g/mol. The molecule has 0 heterocycles. The summed E-state index contributed by atoms with van der Waals surface area (Å²) in [6.07, 6.45) is 7.01. The van der Waals surface area contributed by atoms with E-state index < -0.39 is 0 Å². The molecule has 46 valence electrons. The van der Waals surface area contributed by atoms with Gasteiger partial charge in [-0.25, -0.2) is 0 Å². The van der Waals surface area contributed by atoms with E-state index in [2.05, 4.69) is 13.8 Å². The van der Waals surface area contributed by atoms with Crippen LogP contribution < -0.4 is 0 Å². The fourth-order valence-electron chi connectivity index (χ4n) is 0.677. The normalized spacial score (nSPS) is 8.25. The molecule has 0 saturated heterocycles. The second-order valence-corrected chi connectivity index (χ2v) is 2.06. The van der Waals surface area contributed by atoms with Crippen LogP contribution in [-0.2, 0) is 0 Å². The van der Waals surface area contributed by atoms with Crippen LogP contribution in [-0.4, -0.2) is 29.6 Å². The van der Waals surface area contributed by atoms with Crippen LogP contribution >= 0.6 is 0 Å². The first-order valence-electron chi connectivity index (χ1n) is 3.41. The van der Waals surface area contributed by atoms with Crippen molar-refractivity contribution in [3.8, 4) is 0 Å². The zero-order chi connectivity index (χ0) is 5.54. The van der Waals surface area contributed by atoms with Crippen LogP contribution in [0.4, 0.5) is 0 Å². The first kappa shape index (κ1) is 11.8. The van der Waals surface area contributed by atoms with E-state index in [9.17, 15) is 0 Å². The number of hydrogen-bond donors (Lipinski definition) is 0. The van der Waals surface area contributed by atoms with Gasteiger partial charge in [0, 0.05) is 0 Å². The molecule has 0 amide bonds. The zero-order valence-electron chi connectivity index (χ0n) is 5.54. The molecule has 0 atom stereocenters. The minimum atomic E-state index is 0. The summed E-state index contributed by atoms with van der Waals surface area (Å²) in [5, 5.41) is 0. The van der Waals surface area contributed by atoms with E-state index in [1.54, 1.807) is 0 Å². The third-order valence-corrected chi connectivity index (χ3v) is 1.21. The van der Waals surface area contributed by atoms with Crippen molar-refractivity contribution in [2.75, 3.05) is 0 Å². The molecule has 0 fully saturated rings. The van der Waals surface area contributed by atoms with E-state index in [0.29, 0.717) is 0 Å². The summed E-state index contributed by atoms with van der Waals surface area (Å²) >= 11 is 0. The molecular weight excluding hydrogens is 107 g/mol. The van der Waals surface area contributed by atoms with E-state index in [0.717, 1.165) is 0 Å². The molecule has 0 aromatic carbocycles. The Morgan fingerprint density at radius 2 is 1.12 bits per heavy atom. The molecule has 0 rings (SSSR count). The van der Waals surface area contributed by atoms with Crippen LogP contribution in [0.25, 0.3) is 0 Å². The molecule has 0 spiro atoms. The molecule has 0 radical (unpaired) electrons. The average Bonchev–Trinajstić information content (AvgIpc) is 1.69. The van der Waals surface area contributed by atoms with Crippen molar-refractivity contribution in [3.63, 3.8) is 0 Å². The van der Waals surface area contributed by atoms with Gasteiger partial charge in [-0.3, -0.25) is 0 Å². The van der Waals surface area contributed by atoms with E-state index in [1.165, 1.54) is 32.1 Å². The first-order chi connectivity index (χ1) is 3.41. The number of hydrogen-bond acceptors (Lipinski definition) is 0. The van der Waals surface area contributed by atoms with Gasteiger partial charge in [-0.05, 0) is 0 Å². The van der Waals surface area contributed by atoms with Gasteiger partial charge in [0.2, 0.25) is 0 Å². The van der Waals surface area contributed by atoms with Crippen LogP contribution in [0.15, 0.2) is 0 Å². The molecule has 1 heteroatoms. The Bertz CT molecular complexity index is 23.6. The molecule has 0 aromatic rings. The minimum absolute atomic E-state index is 0. The Labute approximate surface area is 75.3 Å². The van der Waals surface area contributed by atoms with E-state index in [-0.39, 0.29) is 29.6 Å². The zero-order valence-corrected chi connectivity index (χ0v) is 5.54. The van der Waals surface area contributed by atoms with Crippen LogP contribution in [0, 0.1) is 0 Å². The van der Waals surface area contributed by atoms with Gasteiger partial charge < -0.3 is 0 Å². The van der Waals surface area contributed by atoms with Gasteiger partial charge >= 0.3 is 29.6 Å².